The number of carbonyl (C=O) groups excluding carboxylic acids is 1. The fraction of sp³-hybridized carbons (Fsp3) is 0.818. The van der Waals surface area contributed by atoms with Crippen LogP contribution in [0.1, 0.15) is 19.8 Å². The minimum atomic E-state index is -3.22. The molecule has 0 aromatic rings. The Hall–Kier alpha value is -1.35. The molecule has 2 amide bonds. The lowest BCUT2D eigenvalue weighted by molar-refractivity contribution is -0.142. The molecule has 3 N–H and O–H groups in total. The molecule has 1 heterocycles. The Morgan fingerprint density at radius 3 is 2.55 bits per heavy atom. The van der Waals surface area contributed by atoms with E-state index in [1.165, 1.54) is 4.90 Å². The average molecular weight is 307 g/mol. The Balaban J connectivity index is 2.34. The second kappa shape index (κ2) is 6.89. The van der Waals surface area contributed by atoms with Crippen molar-refractivity contribution < 1.29 is 23.1 Å². The highest BCUT2D eigenvalue weighted by molar-refractivity contribution is 7.88. The van der Waals surface area contributed by atoms with Gasteiger partial charge in [0.25, 0.3) is 0 Å². The van der Waals surface area contributed by atoms with Crippen molar-refractivity contribution in [1.29, 1.82) is 0 Å². The Morgan fingerprint density at radius 2 is 2.00 bits per heavy atom. The molecule has 1 rings (SSSR count). The van der Waals surface area contributed by atoms with Crippen LogP contribution in [-0.2, 0) is 14.8 Å². The number of carboxylic acids is 1. The molecule has 1 fully saturated rings. The number of carbonyl (C=O) groups is 2. The number of hydrogen-bond donors (Lipinski definition) is 3. The third-order valence-corrected chi connectivity index (χ3v) is 3.94. The summed E-state index contributed by atoms with van der Waals surface area (Å²) in [5.41, 5.74) is 0. The lowest BCUT2D eigenvalue weighted by Crippen LogP contribution is -2.48. The standard InChI is InChI=1S/C11H21N3O5S/c1-8-4-7-14(9(8)10(15)16)11(17)12-5-3-6-13-20(2,18)19/h8-9,13H,3-7H2,1-2H3,(H,12,17)(H,15,16). The molecule has 2 unspecified atom stereocenters. The fourth-order valence-corrected chi connectivity index (χ4v) is 2.71. The SMILES string of the molecule is CC1CCN(C(=O)NCCCNS(C)(=O)=O)C1C(=O)O. The molecule has 0 aromatic heterocycles. The highest BCUT2D eigenvalue weighted by atomic mass is 32.2. The minimum Gasteiger partial charge on any atom is -0.480 e. The zero-order chi connectivity index (χ0) is 15.3. The number of urea groups is 1. The fourth-order valence-electron chi connectivity index (χ4n) is 2.19. The largest absolute Gasteiger partial charge is 0.480 e. The van der Waals surface area contributed by atoms with Gasteiger partial charge in [-0.2, -0.15) is 0 Å². The molecule has 9 heteroatoms. The zero-order valence-corrected chi connectivity index (χ0v) is 12.4. The second-order valence-corrected chi connectivity index (χ2v) is 6.83. The Labute approximate surface area is 118 Å². The van der Waals surface area contributed by atoms with Gasteiger partial charge in [-0.25, -0.2) is 22.7 Å². The monoisotopic (exact) mass is 307 g/mol. The van der Waals surface area contributed by atoms with E-state index in [2.05, 4.69) is 10.0 Å². The highest BCUT2D eigenvalue weighted by Gasteiger charge is 2.39. The normalized spacial score (nSPS) is 22.8. The number of amides is 2. The summed E-state index contributed by atoms with van der Waals surface area (Å²) in [6, 6.07) is -1.20. The van der Waals surface area contributed by atoms with E-state index < -0.39 is 28.1 Å². The molecule has 0 spiro atoms. The quantitative estimate of drug-likeness (QED) is 0.568. The molecule has 116 valence electrons. The molecule has 1 saturated heterocycles. The van der Waals surface area contributed by atoms with Crippen molar-refractivity contribution in [2.45, 2.75) is 25.8 Å². The predicted octanol–water partition coefficient (Wildman–Crippen LogP) is -0.570. The number of nitrogens with zero attached hydrogens (tertiary/aromatic N) is 1. The number of carboxylic acid groups (broad SMARTS) is 1. The van der Waals surface area contributed by atoms with Crippen LogP contribution in [0.2, 0.25) is 0 Å². The van der Waals surface area contributed by atoms with E-state index in [9.17, 15) is 18.0 Å². The number of likely N-dealkylation sites (tertiary alicyclic amines) is 1. The highest BCUT2D eigenvalue weighted by Crippen LogP contribution is 2.23. The van der Waals surface area contributed by atoms with Gasteiger partial charge in [0.15, 0.2) is 0 Å². The maximum absolute atomic E-state index is 11.9. The van der Waals surface area contributed by atoms with Crippen LogP contribution in [0.5, 0.6) is 0 Å². The van der Waals surface area contributed by atoms with Gasteiger partial charge in [-0.15, -0.1) is 0 Å². The molecule has 0 saturated carbocycles. The summed E-state index contributed by atoms with van der Waals surface area (Å²) in [4.78, 5) is 24.3. The lowest BCUT2D eigenvalue weighted by atomic mass is 10.0. The molecular weight excluding hydrogens is 286 g/mol. The van der Waals surface area contributed by atoms with Crippen LogP contribution in [0, 0.1) is 5.92 Å². The van der Waals surface area contributed by atoms with Gasteiger partial charge < -0.3 is 15.3 Å². The maximum Gasteiger partial charge on any atom is 0.326 e. The van der Waals surface area contributed by atoms with Crippen molar-refractivity contribution in [3.05, 3.63) is 0 Å². The van der Waals surface area contributed by atoms with Crippen LogP contribution in [0.4, 0.5) is 4.79 Å². The van der Waals surface area contributed by atoms with Crippen LogP contribution >= 0.6 is 0 Å². The molecule has 1 aliphatic heterocycles. The molecule has 2 atom stereocenters. The first-order valence-electron chi connectivity index (χ1n) is 6.44. The Bertz CT molecular complexity index is 465. The number of sulfonamides is 1. The van der Waals surface area contributed by atoms with E-state index >= 15 is 0 Å². The molecular formula is C11H21N3O5S. The van der Waals surface area contributed by atoms with Crippen molar-refractivity contribution in [2.75, 3.05) is 25.9 Å². The van der Waals surface area contributed by atoms with Crippen LogP contribution in [0.3, 0.4) is 0 Å². The van der Waals surface area contributed by atoms with Crippen LogP contribution in [0.15, 0.2) is 0 Å². The zero-order valence-electron chi connectivity index (χ0n) is 11.6. The van der Waals surface area contributed by atoms with Crippen LogP contribution < -0.4 is 10.0 Å². The van der Waals surface area contributed by atoms with E-state index in [0.29, 0.717) is 25.9 Å². The van der Waals surface area contributed by atoms with Gasteiger partial charge in [0.2, 0.25) is 10.0 Å². The average Bonchev–Trinajstić information content (AvgIpc) is 2.69. The van der Waals surface area contributed by atoms with Gasteiger partial charge in [0, 0.05) is 19.6 Å². The minimum absolute atomic E-state index is 0.0647. The van der Waals surface area contributed by atoms with E-state index in [4.69, 9.17) is 5.11 Å². The van der Waals surface area contributed by atoms with Crippen molar-refractivity contribution in [2.24, 2.45) is 5.92 Å². The third-order valence-electron chi connectivity index (χ3n) is 3.21. The summed E-state index contributed by atoms with van der Waals surface area (Å²) in [5.74, 6) is -1.06. The molecule has 0 aliphatic carbocycles. The van der Waals surface area contributed by atoms with Crippen molar-refractivity contribution >= 4 is 22.0 Å². The van der Waals surface area contributed by atoms with E-state index in [-0.39, 0.29) is 12.5 Å². The third kappa shape index (κ3) is 4.97. The molecule has 0 radical (unpaired) electrons. The smallest absolute Gasteiger partial charge is 0.326 e. The first kappa shape index (κ1) is 16.7. The lowest BCUT2D eigenvalue weighted by Gasteiger charge is -2.23. The van der Waals surface area contributed by atoms with E-state index in [1.807, 2.05) is 6.92 Å². The predicted molar refractivity (Wildman–Crippen MR) is 72.8 cm³/mol. The molecule has 20 heavy (non-hydrogen) atoms. The summed E-state index contributed by atoms with van der Waals surface area (Å²) in [6.07, 6.45) is 2.18. The molecule has 0 aromatic carbocycles. The first-order chi connectivity index (χ1) is 9.22. The summed E-state index contributed by atoms with van der Waals surface area (Å²) < 4.78 is 24.0. The van der Waals surface area contributed by atoms with Crippen molar-refractivity contribution in [1.82, 2.24) is 14.9 Å². The number of rotatable bonds is 6. The van der Waals surface area contributed by atoms with Gasteiger partial charge in [-0.1, -0.05) is 6.92 Å². The van der Waals surface area contributed by atoms with E-state index in [1.54, 1.807) is 0 Å². The number of nitrogens with one attached hydrogen (secondary N) is 2. The van der Waals surface area contributed by atoms with Crippen LogP contribution in [-0.4, -0.2) is 62.4 Å². The van der Waals surface area contributed by atoms with Crippen LogP contribution in [0.25, 0.3) is 0 Å². The Morgan fingerprint density at radius 1 is 1.35 bits per heavy atom. The summed E-state index contributed by atoms with van der Waals surface area (Å²) in [7, 11) is -3.22. The molecule has 0 bridgehead atoms. The van der Waals surface area contributed by atoms with E-state index in [0.717, 1.165) is 6.26 Å². The maximum atomic E-state index is 11.9. The molecule has 1 aliphatic rings. The van der Waals surface area contributed by atoms with Gasteiger partial charge >= 0.3 is 12.0 Å². The summed E-state index contributed by atoms with van der Waals surface area (Å²) in [6.45, 7) is 2.75. The Kier molecular flexibility index (Phi) is 5.75. The second-order valence-electron chi connectivity index (χ2n) is 4.99. The van der Waals surface area contributed by atoms with Gasteiger partial charge in [0.05, 0.1) is 6.26 Å². The van der Waals surface area contributed by atoms with Gasteiger partial charge in [-0.3, -0.25) is 0 Å². The molecule has 8 nitrogen and oxygen atoms in total. The van der Waals surface area contributed by atoms with Gasteiger partial charge in [-0.05, 0) is 18.8 Å². The summed E-state index contributed by atoms with van der Waals surface area (Å²) in [5, 5.41) is 11.7. The van der Waals surface area contributed by atoms with Crippen molar-refractivity contribution in [3.63, 3.8) is 0 Å². The van der Waals surface area contributed by atoms with Gasteiger partial charge in [0.1, 0.15) is 6.04 Å². The number of hydrogen-bond acceptors (Lipinski definition) is 4. The van der Waals surface area contributed by atoms with Crippen molar-refractivity contribution in [3.8, 4) is 0 Å². The topological polar surface area (TPSA) is 116 Å². The first-order valence-corrected chi connectivity index (χ1v) is 8.33. The number of aliphatic carboxylic acids is 1. The summed E-state index contributed by atoms with van der Waals surface area (Å²) >= 11 is 0.